The van der Waals surface area contributed by atoms with Gasteiger partial charge in [0.05, 0.1) is 6.04 Å². The first kappa shape index (κ1) is 15.3. The van der Waals surface area contributed by atoms with Gasteiger partial charge in [0.25, 0.3) is 5.91 Å². The van der Waals surface area contributed by atoms with Gasteiger partial charge >= 0.3 is 0 Å². The summed E-state index contributed by atoms with van der Waals surface area (Å²) in [4.78, 5) is 13.1. The molecule has 0 fully saturated rings. The first-order valence-corrected chi connectivity index (χ1v) is 7.79. The fraction of sp³-hybridized carbons (Fsp3) is 0.235. The number of hydrogen-bond acceptors (Lipinski definition) is 3. The lowest BCUT2D eigenvalue weighted by Gasteiger charge is -2.15. The van der Waals surface area contributed by atoms with Crippen LogP contribution in [0.4, 0.5) is 5.69 Å². The van der Waals surface area contributed by atoms with E-state index in [9.17, 15) is 4.79 Å². The van der Waals surface area contributed by atoms with Crippen molar-refractivity contribution < 1.29 is 4.79 Å². The lowest BCUT2D eigenvalue weighted by Crippen LogP contribution is -2.23. The number of rotatable bonds is 6. The van der Waals surface area contributed by atoms with Crippen LogP contribution in [0.25, 0.3) is 0 Å². The Kier molecular flexibility index (Phi) is 5.17. The zero-order valence-electron chi connectivity index (χ0n) is 12.3. The molecule has 0 saturated carbocycles. The van der Waals surface area contributed by atoms with E-state index in [1.165, 1.54) is 10.4 Å². The molecule has 3 nitrogen and oxygen atoms in total. The van der Waals surface area contributed by atoms with Gasteiger partial charge in [-0.1, -0.05) is 6.08 Å². The van der Waals surface area contributed by atoms with Crippen molar-refractivity contribution in [1.82, 2.24) is 5.32 Å². The van der Waals surface area contributed by atoms with Crippen LogP contribution < -0.4 is 10.6 Å². The molecule has 2 N–H and O–H groups in total. The van der Waals surface area contributed by atoms with Gasteiger partial charge in [0.1, 0.15) is 0 Å². The fourth-order valence-electron chi connectivity index (χ4n) is 2.13. The minimum Gasteiger partial charge on any atom is -0.378 e. The summed E-state index contributed by atoms with van der Waals surface area (Å²) >= 11 is 1.76. The number of thiophene rings is 1. The summed E-state index contributed by atoms with van der Waals surface area (Å²) in [6.45, 7) is 8.32. The summed E-state index contributed by atoms with van der Waals surface area (Å²) in [7, 11) is 0. The second kappa shape index (κ2) is 7.09. The van der Waals surface area contributed by atoms with Crippen LogP contribution in [-0.4, -0.2) is 12.5 Å². The minimum atomic E-state index is -0.0800. The van der Waals surface area contributed by atoms with E-state index in [-0.39, 0.29) is 11.9 Å². The Labute approximate surface area is 129 Å². The monoisotopic (exact) mass is 300 g/mol. The van der Waals surface area contributed by atoms with Gasteiger partial charge in [-0.25, -0.2) is 0 Å². The summed E-state index contributed by atoms with van der Waals surface area (Å²) in [5.41, 5.74) is 2.97. The predicted octanol–water partition coefficient (Wildman–Crippen LogP) is 4.15. The Hall–Kier alpha value is -2.07. The maximum atomic E-state index is 11.8. The number of aryl methyl sites for hydroxylation is 1. The molecule has 0 saturated heterocycles. The van der Waals surface area contributed by atoms with E-state index < -0.39 is 0 Å². The first-order chi connectivity index (χ1) is 10.1. The Morgan fingerprint density at radius 1 is 1.33 bits per heavy atom. The molecule has 1 heterocycles. The van der Waals surface area contributed by atoms with E-state index in [4.69, 9.17) is 0 Å². The largest absolute Gasteiger partial charge is 0.378 e. The molecule has 0 bridgehead atoms. The van der Waals surface area contributed by atoms with Crippen LogP contribution in [0.1, 0.15) is 33.8 Å². The molecule has 0 radical (unpaired) electrons. The van der Waals surface area contributed by atoms with Gasteiger partial charge in [-0.2, -0.15) is 0 Å². The van der Waals surface area contributed by atoms with Crippen molar-refractivity contribution in [2.75, 3.05) is 11.9 Å². The summed E-state index contributed by atoms with van der Waals surface area (Å²) in [6.07, 6.45) is 1.67. The van der Waals surface area contributed by atoms with Crippen molar-refractivity contribution in [1.29, 1.82) is 0 Å². The van der Waals surface area contributed by atoms with Crippen molar-refractivity contribution >= 4 is 22.9 Å². The van der Waals surface area contributed by atoms with E-state index in [0.717, 1.165) is 5.69 Å². The van der Waals surface area contributed by atoms with Gasteiger partial charge < -0.3 is 10.6 Å². The van der Waals surface area contributed by atoms with Crippen LogP contribution in [0, 0.1) is 6.92 Å². The number of amides is 1. The standard InChI is InChI=1S/C17H20N2OS/c1-4-10-18-17(20)14-5-7-15(8-6-14)19-13(3)16-12(2)9-11-21-16/h4-9,11,13,19H,1,10H2,2-3H3,(H,18,20). The SMILES string of the molecule is C=CCNC(=O)c1ccc(NC(C)c2sccc2C)cc1. The van der Waals surface area contributed by atoms with Crippen LogP contribution in [0.3, 0.4) is 0 Å². The van der Waals surface area contributed by atoms with Gasteiger partial charge in [-0.3, -0.25) is 4.79 Å². The van der Waals surface area contributed by atoms with Gasteiger partial charge in [-0.15, -0.1) is 17.9 Å². The zero-order valence-corrected chi connectivity index (χ0v) is 13.2. The third-order valence-corrected chi connectivity index (χ3v) is 4.43. The molecule has 1 atom stereocenters. The van der Waals surface area contributed by atoms with Gasteiger partial charge in [0.2, 0.25) is 0 Å². The molecule has 4 heteroatoms. The zero-order chi connectivity index (χ0) is 15.2. The van der Waals surface area contributed by atoms with Crippen LogP contribution in [0.5, 0.6) is 0 Å². The maximum absolute atomic E-state index is 11.8. The third-order valence-electron chi connectivity index (χ3n) is 3.23. The van der Waals surface area contributed by atoms with E-state index >= 15 is 0 Å². The van der Waals surface area contributed by atoms with Crippen molar-refractivity contribution in [3.05, 3.63) is 64.4 Å². The first-order valence-electron chi connectivity index (χ1n) is 6.91. The predicted molar refractivity (Wildman–Crippen MR) is 90.1 cm³/mol. The maximum Gasteiger partial charge on any atom is 0.251 e. The number of anilines is 1. The molecule has 0 spiro atoms. The van der Waals surface area contributed by atoms with E-state index in [1.807, 2.05) is 24.3 Å². The molecule has 2 rings (SSSR count). The second-order valence-electron chi connectivity index (χ2n) is 4.91. The molecule has 0 aliphatic rings. The van der Waals surface area contributed by atoms with Crippen molar-refractivity contribution in [3.8, 4) is 0 Å². The average molecular weight is 300 g/mol. The smallest absolute Gasteiger partial charge is 0.251 e. The van der Waals surface area contributed by atoms with Crippen molar-refractivity contribution in [3.63, 3.8) is 0 Å². The molecular formula is C17H20N2OS. The molecule has 1 unspecified atom stereocenters. The van der Waals surface area contributed by atoms with E-state index in [1.54, 1.807) is 17.4 Å². The molecule has 110 valence electrons. The summed E-state index contributed by atoms with van der Waals surface area (Å²) in [5, 5.41) is 8.33. The molecule has 0 aliphatic heterocycles. The lowest BCUT2D eigenvalue weighted by molar-refractivity contribution is 0.0958. The molecule has 1 amide bonds. The Morgan fingerprint density at radius 3 is 2.62 bits per heavy atom. The number of benzene rings is 1. The van der Waals surface area contributed by atoms with Crippen LogP contribution in [0.2, 0.25) is 0 Å². The van der Waals surface area contributed by atoms with Gasteiger partial charge in [0, 0.05) is 22.7 Å². The van der Waals surface area contributed by atoms with Crippen molar-refractivity contribution in [2.45, 2.75) is 19.9 Å². The van der Waals surface area contributed by atoms with Gasteiger partial charge in [0.15, 0.2) is 0 Å². The highest BCUT2D eigenvalue weighted by Crippen LogP contribution is 2.26. The highest BCUT2D eigenvalue weighted by molar-refractivity contribution is 7.10. The minimum absolute atomic E-state index is 0.0800. The highest BCUT2D eigenvalue weighted by atomic mass is 32.1. The number of carbonyl (C=O) groups is 1. The highest BCUT2D eigenvalue weighted by Gasteiger charge is 2.10. The fourth-order valence-corrected chi connectivity index (χ4v) is 3.06. The molecule has 0 aliphatic carbocycles. The molecule has 21 heavy (non-hydrogen) atoms. The number of nitrogens with one attached hydrogen (secondary N) is 2. The molecular weight excluding hydrogens is 280 g/mol. The van der Waals surface area contributed by atoms with Crippen molar-refractivity contribution in [2.24, 2.45) is 0 Å². The topological polar surface area (TPSA) is 41.1 Å². The average Bonchev–Trinajstić information content (AvgIpc) is 2.91. The summed E-state index contributed by atoms with van der Waals surface area (Å²) in [5.74, 6) is -0.0800. The lowest BCUT2D eigenvalue weighted by atomic mass is 10.1. The Bertz CT molecular complexity index is 616. The quantitative estimate of drug-likeness (QED) is 0.787. The van der Waals surface area contributed by atoms with Crippen LogP contribution >= 0.6 is 11.3 Å². The second-order valence-corrected chi connectivity index (χ2v) is 5.86. The normalized spacial score (nSPS) is 11.7. The molecule has 1 aromatic heterocycles. The van der Waals surface area contributed by atoms with E-state index in [2.05, 4.69) is 42.5 Å². The molecule has 2 aromatic rings. The number of hydrogen-bond donors (Lipinski definition) is 2. The number of carbonyl (C=O) groups excluding carboxylic acids is 1. The van der Waals surface area contributed by atoms with Crippen LogP contribution in [0.15, 0.2) is 48.4 Å². The molecule has 1 aromatic carbocycles. The summed E-state index contributed by atoms with van der Waals surface area (Å²) < 4.78 is 0. The third kappa shape index (κ3) is 3.95. The van der Waals surface area contributed by atoms with E-state index in [0.29, 0.717) is 12.1 Å². The van der Waals surface area contributed by atoms with Crippen LogP contribution in [-0.2, 0) is 0 Å². The Morgan fingerprint density at radius 2 is 2.05 bits per heavy atom. The van der Waals surface area contributed by atoms with Gasteiger partial charge in [-0.05, 0) is 55.1 Å². The summed E-state index contributed by atoms with van der Waals surface area (Å²) in [6, 6.07) is 9.91. The Balaban J connectivity index is 2.01.